The Morgan fingerprint density at radius 3 is 1.41 bits per heavy atom. The average molecular weight is 694 g/mol. The van der Waals surface area contributed by atoms with Crippen LogP contribution in [0, 0.1) is 0 Å². The van der Waals surface area contributed by atoms with Gasteiger partial charge in [-0.25, -0.2) is 0 Å². The van der Waals surface area contributed by atoms with Crippen molar-refractivity contribution < 1.29 is 8.83 Å². The lowest BCUT2D eigenvalue weighted by Crippen LogP contribution is -2.16. The molecule has 54 heavy (non-hydrogen) atoms. The number of para-hydroxylation sites is 4. The van der Waals surface area contributed by atoms with E-state index in [-0.39, 0.29) is 5.41 Å². The predicted molar refractivity (Wildman–Crippen MR) is 224 cm³/mol. The number of furan rings is 2. The van der Waals surface area contributed by atoms with E-state index < -0.39 is 0 Å². The van der Waals surface area contributed by atoms with Crippen LogP contribution in [-0.4, -0.2) is 0 Å². The van der Waals surface area contributed by atoms with Crippen molar-refractivity contribution in [1.82, 2.24) is 0 Å². The van der Waals surface area contributed by atoms with Crippen molar-refractivity contribution in [2.24, 2.45) is 0 Å². The molecule has 11 rings (SSSR count). The summed E-state index contributed by atoms with van der Waals surface area (Å²) in [6.45, 7) is 4.68. The van der Waals surface area contributed by atoms with Crippen LogP contribution in [-0.2, 0) is 5.41 Å². The first kappa shape index (κ1) is 30.8. The molecule has 0 spiro atoms. The maximum Gasteiger partial charge on any atom is 0.143 e. The largest absolute Gasteiger partial charge is 0.455 e. The molecule has 0 bridgehead atoms. The molecule has 0 N–H and O–H groups in total. The molecule has 256 valence electrons. The highest BCUT2D eigenvalue weighted by molar-refractivity contribution is 6.10. The number of fused-ring (bicyclic) bond motifs is 9. The zero-order valence-corrected chi connectivity index (χ0v) is 30.0. The molecule has 2 heterocycles. The minimum absolute atomic E-state index is 0.113. The summed E-state index contributed by atoms with van der Waals surface area (Å²) in [5.41, 5.74) is 16.5. The fourth-order valence-electron chi connectivity index (χ4n) is 8.88. The van der Waals surface area contributed by atoms with E-state index in [1.54, 1.807) is 0 Å². The SMILES string of the molecule is CC1(C)c2ccccc2-c2c(N(c3ccc(-c4cccc5c4oc4ccccc45)cc3)c3ccc(-c4cccc5c4oc4ccccc45)cc3)cccc21. The fraction of sp³-hybridized carbons (Fsp3) is 0.0588. The smallest absolute Gasteiger partial charge is 0.143 e. The van der Waals surface area contributed by atoms with Crippen molar-refractivity contribution in [3.8, 4) is 33.4 Å². The Bertz CT molecular complexity index is 2910. The molecule has 1 aliphatic carbocycles. The summed E-state index contributed by atoms with van der Waals surface area (Å²) in [4.78, 5) is 2.41. The van der Waals surface area contributed by atoms with Gasteiger partial charge in [-0.2, -0.15) is 0 Å². The molecule has 8 aromatic carbocycles. The van der Waals surface area contributed by atoms with E-state index >= 15 is 0 Å². The van der Waals surface area contributed by atoms with Crippen LogP contribution in [0.25, 0.3) is 77.3 Å². The number of nitrogens with zero attached hydrogens (tertiary/aromatic N) is 1. The van der Waals surface area contributed by atoms with Gasteiger partial charge in [-0.3, -0.25) is 0 Å². The van der Waals surface area contributed by atoms with Gasteiger partial charge in [0, 0.05) is 55.0 Å². The fourth-order valence-corrected chi connectivity index (χ4v) is 8.88. The Morgan fingerprint density at radius 2 is 0.833 bits per heavy atom. The van der Waals surface area contributed by atoms with Crippen molar-refractivity contribution in [1.29, 1.82) is 0 Å². The summed E-state index contributed by atoms with van der Waals surface area (Å²) < 4.78 is 12.9. The molecule has 0 saturated carbocycles. The summed E-state index contributed by atoms with van der Waals surface area (Å²) in [6, 6.07) is 62.9. The van der Waals surface area contributed by atoms with Gasteiger partial charge in [0.15, 0.2) is 0 Å². The molecule has 3 heteroatoms. The lowest BCUT2D eigenvalue weighted by atomic mass is 9.82. The van der Waals surface area contributed by atoms with Gasteiger partial charge in [-0.15, -0.1) is 0 Å². The van der Waals surface area contributed by atoms with Crippen LogP contribution in [0.1, 0.15) is 25.0 Å². The van der Waals surface area contributed by atoms with Gasteiger partial charge in [-0.1, -0.05) is 147 Å². The molecule has 0 fully saturated rings. The van der Waals surface area contributed by atoms with Crippen LogP contribution in [0.4, 0.5) is 17.1 Å². The summed E-state index contributed by atoms with van der Waals surface area (Å²) in [7, 11) is 0. The van der Waals surface area contributed by atoms with Crippen LogP contribution in [0.15, 0.2) is 185 Å². The summed E-state index contributed by atoms with van der Waals surface area (Å²) in [6.07, 6.45) is 0. The third-order valence-corrected chi connectivity index (χ3v) is 11.5. The lowest BCUT2D eigenvalue weighted by Gasteiger charge is -2.29. The Kier molecular flexibility index (Phi) is 6.60. The van der Waals surface area contributed by atoms with Crippen molar-refractivity contribution in [2.75, 3.05) is 4.90 Å². The highest BCUT2D eigenvalue weighted by Gasteiger charge is 2.37. The normalized spacial score (nSPS) is 13.1. The van der Waals surface area contributed by atoms with Crippen LogP contribution in [0.3, 0.4) is 0 Å². The van der Waals surface area contributed by atoms with Gasteiger partial charge in [-0.05, 0) is 70.3 Å². The number of benzene rings is 8. The van der Waals surface area contributed by atoms with Crippen LogP contribution in [0.2, 0.25) is 0 Å². The Morgan fingerprint density at radius 1 is 0.389 bits per heavy atom. The Hall–Kier alpha value is -6.84. The van der Waals surface area contributed by atoms with Gasteiger partial charge in [0.1, 0.15) is 22.3 Å². The van der Waals surface area contributed by atoms with Crippen molar-refractivity contribution in [3.63, 3.8) is 0 Å². The monoisotopic (exact) mass is 693 g/mol. The molecule has 0 atom stereocenters. The molecule has 2 aromatic heterocycles. The van der Waals surface area contributed by atoms with Gasteiger partial charge < -0.3 is 13.7 Å². The van der Waals surface area contributed by atoms with E-state index in [2.05, 4.69) is 170 Å². The second-order valence-electron chi connectivity index (χ2n) is 14.9. The third-order valence-electron chi connectivity index (χ3n) is 11.5. The molecule has 3 nitrogen and oxygen atoms in total. The topological polar surface area (TPSA) is 29.5 Å². The van der Waals surface area contributed by atoms with Gasteiger partial charge >= 0.3 is 0 Å². The molecule has 0 saturated heterocycles. The summed E-state index contributed by atoms with van der Waals surface area (Å²) in [5, 5.41) is 4.54. The zero-order chi connectivity index (χ0) is 36.0. The first-order chi connectivity index (χ1) is 26.5. The van der Waals surface area contributed by atoms with Gasteiger partial charge in [0.2, 0.25) is 0 Å². The molecule has 0 aliphatic heterocycles. The maximum atomic E-state index is 6.43. The predicted octanol–water partition coefficient (Wildman–Crippen LogP) is 14.6. The highest BCUT2D eigenvalue weighted by atomic mass is 16.3. The van der Waals surface area contributed by atoms with Crippen molar-refractivity contribution >= 4 is 60.9 Å². The number of hydrogen-bond donors (Lipinski definition) is 0. The van der Waals surface area contributed by atoms with Crippen molar-refractivity contribution in [2.45, 2.75) is 19.3 Å². The van der Waals surface area contributed by atoms with Crippen LogP contribution < -0.4 is 4.90 Å². The van der Waals surface area contributed by atoms with Crippen LogP contribution in [0.5, 0.6) is 0 Å². The second kappa shape index (κ2) is 11.6. The van der Waals surface area contributed by atoms with E-state index in [4.69, 9.17) is 8.83 Å². The zero-order valence-electron chi connectivity index (χ0n) is 30.0. The minimum Gasteiger partial charge on any atom is -0.455 e. The van der Waals surface area contributed by atoms with E-state index in [1.165, 1.54) is 22.3 Å². The summed E-state index contributed by atoms with van der Waals surface area (Å²) >= 11 is 0. The number of anilines is 3. The maximum absolute atomic E-state index is 6.43. The summed E-state index contributed by atoms with van der Waals surface area (Å²) in [5.74, 6) is 0. The lowest BCUT2D eigenvalue weighted by molar-refractivity contribution is 0.660. The first-order valence-corrected chi connectivity index (χ1v) is 18.6. The van der Waals surface area contributed by atoms with E-state index in [9.17, 15) is 0 Å². The number of hydrogen-bond acceptors (Lipinski definition) is 3. The molecule has 10 aromatic rings. The highest BCUT2D eigenvalue weighted by Crippen LogP contribution is 2.54. The second-order valence-corrected chi connectivity index (χ2v) is 14.9. The quantitative estimate of drug-likeness (QED) is 0.180. The van der Waals surface area contributed by atoms with Gasteiger partial charge in [0.05, 0.1) is 5.69 Å². The van der Waals surface area contributed by atoms with Crippen molar-refractivity contribution in [3.05, 3.63) is 187 Å². The van der Waals surface area contributed by atoms with E-state index in [1.807, 2.05) is 24.3 Å². The third kappa shape index (κ3) is 4.48. The molecule has 0 radical (unpaired) electrons. The molecule has 1 aliphatic rings. The minimum atomic E-state index is -0.113. The Balaban J connectivity index is 1.07. The van der Waals surface area contributed by atoms with E-state index in [0.717, 1.165) is 83.2 Å². The average Bonchev–Trinajstić information content (AvgIpc) is 3.87. The Labute approximate surface area is 313 Å². The molecular formula is C51H35NO2. The molecule has 0 unspecified atom stereocenters. The van der Waals surface area contributed by atoms with E-state index in [0.29, 0.717) is 0 Å². The first-order valence-electron chi connectivity index (χ1n) is 18.6. The molecular weight excluding hydrogens is 659 g/mol. The standard InChI is InChI=1S/C51H35NO2/c1-51(2)43-19-6-3-14-42(43)48-44(51)20-11-21-45(48)52(34-28-24-32(25-29-34)36-15-9-17-40-38-12-4-7-22-46(38)53-49(36)40)35-30-26-33(27-31-35)37-16-10-18-41-39-13-5-8-23-47(39)54-50(37)41/h3-31H,1-2H3. The number of rotatable bonds is 5. The molecule has 0 amide bonds. The van der Waals surface area contributed by atoms with Gasteiger partial charge in [0.25, 0.3) is 0 Å². The van der Waals surface area contributed by atoms with Crippen LogP contribution >= 0.6 is 0 Å².